The van der Waals surface area contributed by atoms with Crippen LogP contribution in [0.15, 0.2) is 54.6 Å². The lowest BCUT2D eigenvalue weighted by Gasteiger charge is -2.10. The topological polar surface area (TPSA) is 52.5 Å². The van der Waals surface area contributed by atoms with E-state index in [9.17, 15) is 5.26 Å². The minimum absolute atomic E-state index is 0.548. The third kappa shape index (κ3) is 3.29. The summed E-state index contributed by atoms with van der Waals surface area (Å²) >= 11 is 0. The molecule has 3 rings (SSSR count). The van der Waals surface area contributed by atoms with Gasteiger partial charge in [0.15, 0.2) is 0 Å². The third-order valence-corrected chi connectivity index (χ3v) is 4.45. The van der Waals surface area contributed by atoms with Gasteiger partial charge < -0.3 is 4.57 Å². The van der Waals surface area contributed by atoms with Crippen molar-refractivity contribution < 1.29 is 0 Å². The van der Waals surface area contributed by atoms with Crippen molar-refractivity contribution >= 4 is 11.6 Å². The van der Waals surface area contributed by atoms with Crippen LogP contribution in [0.1, 0.15) is 33.6 Å². The maximum atomic E-state index is 9.62. The third-order valence-electron chi connectivity index (χ3n) is 4.45. The molecule has 2 aromatic carbocycles. The first-order valence-corrected chi connectivity index (χ1v) is 8.42. The van der Waals surface area contributed by atoms with E-state index in [-0.39, 0.29) is 0 Å². The first-order valence-electron chi connectivity index (χ1n) is 8.42. The van der Waals surface area contributed by atoms with Crippen LogP contribution in [-0.4, -0.2) is 4.57 Å². The zero-order chi connectivity index (χ0) is 18.7. The number of rotatable bonds is 3. The predicted molar refractivity (Wildman–Crippen MR) is 105 cm³/mol. The van der Waals surface area contributed by atoms with Crippen LogP contribution in [0.5, 0.6) is 0 Å². The summed E-state index contributed by atoms with van der Waals surface area (Å²) in [5, 5.41) is 18.7. The van der Waals surface area contributed by atoms with Crippen molar-refractivity contribution in [2.75, 3.05) is 0 Å². The summed E-state index contributed by atoms with van der Waals surface area (Å²) in [5.41, 5.74) is 7.37. The first kappa shape index (κ1) is 17.3. The summed E-state index contributed by atoms with van der Waals surface area (Å²) < 4.78 is 2.19. The average molecular weight is 337 g/mol. The molecule has 0 fully saturated rings. The van der Waals surface area contributed by atoms with Gasteiger partial charge in [-0.2, -0.15) is 10.5 Å². The minimum Gasteiger partial charge on any atom is -0.318 e. The van der Waals surface area contributed by atoms with Crippen LogP contribution < -0.4 is 0 Å². The molecular weight excluding hydrogens is 318 g/mol. The molecule has 0 bridgehead atoms. The molecule has 3 nitrogen and oxygen atoms in total. The first-order chi connectivity index (χ1) is 12.5. The van der Waals surface area contributed by atoms with Gasteiger partial charge in [-0.3, -0.25) is 0 Å². The maximum absolute atomic E-state index is 9.62. The van der Waals surface area contributed by atoms with Gasteiger partial charge in [-0.05, 0) is 73.9 Å². The van der Waals surface area contributed by atoms with Gasteiger partial charge in [-0.15, -0.1) is 0 Å². The van der Waals surface area contributed by atoms with E-state index in [1.165, 1.54) is 5.56 Å². The van der Waals surface area contributed by atoms with Crippen molar-refractivity contribution in [1.29, 1.82) is 10.5 Å². The lowest BCUT2D eigenvalue weighted by molar-refractivity contribution is 0.962. The molecule has 26 heavy (non-hydrogen) atoms. The van der Waals surface area contributed by atoms with Crippen molar-refractivity contribution in [1.82, 2.24) is 4.57 Å². The molecule has 0 unspecified atom stereocenters. The normalized spacial score (nSPS) is 11.0. The van der Waals surface area contributed by atoms with E-state index in [4.69, 9.17) is 5.26 Å². The van der Waals surface area contributed by atoms with Gasteiger partial charge in [0, 0.05) is 17.1 Å². The minimum atomic E-state index is 0.548. The number of nitrogens with zero attached hydrogens (tertiary/aromatic N) is 3. The molecule has 0 radical (unpaired) electrons. The molecule has 0 aliphatic carbocycles. The monoisotopic (exact) mass is 337 g/mol. The Morgan fingerprint density at radius 1 is 0.962 bits per heavy atom. The molecule has 0 saturated carbocycles. The highest BCUT2D eigenvalue weighted by Gasteiger charge is 2.11. The Bertz CT molecular complexity index is 1090. The summed E-state index contributed by atoms with van der Waals surface area (Å²) in [4.78, 5) is 0. The van der Waals surface area contributed by atoms with Crippen LogP contribution >= 0.6 is 0 Å². The van der Waals surface area contributed by atoms with E-state index in [0.717, 1.165) is 28.2 Å². The Hall–Kier alpha value is -3.56. The van der Waals surface area contributed by atoms with Crippen molar-refractivity contribution in [2.24, 2.45) is 0 Å². The van der Waals surface area contributed by atoms with E-state index >= 15 is 0 Å². The van der Waals surface area contributed by atoms with Crippen molar-refractivity contribution in [3.05, 3.63) is 88.2 Å². The largest absolute Gasteiger partial charge is 0.318 e. The number of benzene rings is 2. The quantitative estimate of drug-likeness (QED) is 0.606. The van der Waals surface area contributed by atoms with E-state index < -0.39 is 0 Å². The van der Waals surface area contributed by atoms with Gasteiger partial charge in [-0.1, -0.05) is 24.3 Å². The van der Waals surface area contributed by atoms with Gasteiger partial charge in [-0.25, -0.2) is 0 Å². The molecule has 0 atom stereocenters. The summed E-state index contributed by atoms with van der Waals surface area (Å²) in [6.45, 7) is 6.20. The fourth-order valence-corrected chi connectivity index (χ4v) is 3.19. The Kier molecular flexibility index (Phi) is 4.74. The number of hydrogen-bond acceptors (Lipinski definition) is 2. The SMILES string of the molecule is Cc1cccc(-n2c(C)cc(/C=C(/C#N)c3cccc(C#N)c3)c2C)c1. The summed E-state index contributed by atoms with van der Waals surface area (Å²) in [5.74, 6) is 0. The second-order valence-electron chi connectivity index (χ2n) is 6.36. The highest BCUT2D eigenvalue weighted by Crippen LogP contribution is 2.26. The molecule has 126 valence electrons. The Balaban J connectivity index is 2.10. The lowest BCUT2D eigenvalue weighted by Crippen LogP contribution is -1.99. The van der Waals surface area contributed by atoms with Crippen molar-refractivity contribution in [3.63, 3.8) is 0 Å². The van der Waals surface area contributed by atoms with E-state index in [1.807, 2.05) is 18.2 Å². The molecule has 1 aromatic heterocycles. The van der Waals surface area contributed by atoms with Crippen LogP contribution in [-0.2, 0) is 0 Å². The molecule has 3 aromatic rings. The molecule has 0 saturated heterocycles. The van der Waals surface area contributed by atoms with E-state index in [2.05, 4.69) is 61.7 Å². The standard InChI is InChI=1S/C23H19N3/c1-16-6-4-9-23(10-16)26-17(2)11-21(18(26)3)13-22(15-25)20-8-5-7-19(12-20)14-24/h4-13H,1-3H3/b22-13-. The van der Waals surface area contributed by atoms with Gasteiger partial charge >= 0.3 is 0 Å². The van der Waals surface area contributed by atoms with Crippen LogP contribution in [0.3, 0.4) is 0 Å². The second kappa shape index (κ2) is 7.13. The van der Waals surface area contributed by atoms with Crippen LogP contribution in [0.2, 0.25) is 0 Å². The number of nitriles is 2. The molecule has 0 aliphatic rings. The second-order valence-corrected chi connectivity index (χ2v) is 6.36. The molecule has 0 spiro atoms. The van der Waals surface area contributed by atoms with Gasteiger partial charge in [0.2, 0.25) is 0 Å². The molecule has 0 aliphatic heterocycles. The van der Waals surface area contributed by atoms with Crippen LogP contribution in [0.25, 0.3) is 17.3 Å². The number of aromatic nitrogens is 1. The lowest BCUT2D eigenvalue weighted by atomic mass is 10.0. The zero-order valence-corrected chi connectivity index (χ0v) is 15.1. The Morgan fingerprint density at radius 3 is 2.42 bits per heavy atom. The molecular formula is C23H19N3. The van der Waals surface area contributed by atoms with Gasteiger partial charge in [0.25, 0.3) is 0 Å². The summed E-state index contributed by atoms with van der Waals surface area (Å²) in [6.07, 6.45) is 1.89. The predicted octanol–water partition coefficient (Wildman–Crippen LogP) is 5.34. The zero-order valence-electron chi connectivity index (χ0n) is 15.1. The van der Waals surface area contributed by atoms with E-state index in [0.29, 0.717) is 11.1 Å². The summed E-state index contributed by atoms with van der Waals surface area (Å²) in [7, 11) is 0. The fourth-order valence-electron chi connectivity index (χ4n) is 3.19. The van der Waals surface area contributed by atoms with Gasteiger partial charge in [0.1, 0.15) is 0 Å². The fraction of sp³-hybridized carbons (Fsp3) is 0.130. The number of aryl methyl sites for hydroxylation is 2. The Labute approximate surface area is 154 Å². The van der Waals surface area contributed by atoms with E-state index in [1.54, 1.807) is 18.2 Å². The molecule has 1 heterocycles. The molecule has 3 heteroatoms. The van der Waals surface area contributed by atoms with Gasteiger partial charge in [0.05, 0.1) is 23.3 Å². The van der Waals surface area contributed by atoms with Crippen molar-refractivity contribution in [2.45, 2.75) is 20.8 Å². The number of hydrogen-bond donors (Lipinski definition) is 0. The molecule has 0 N–H and O–H groups in total. The number of allylic oxidation sites excluding steroid dienone is 1. The van der Waals surface area contributed by atoms with Crippen molar-refractivity contribution in [3.8, 4) is 17.8 Å². The Morgan fingerprint density at radius 2 is 1.73 bits per heavy atom. The van der Waals surface area contributed by atoms with Crippen LogP contribution in [0.4, 0.5) is 0 Å². The highest BCUT2D eigenvalue weighted by molar-refractivity contribution is 5.90. The smallest absolute Gasteiger partial charge is 0.0998 e. The molecule has 0 amide bonds. The average Bonchev–Trinajstić information content (AvgIpc) is 2.93. The summed E-state index contributed by atoms with van der Waals surface area (Å²) in [6, 6.07) is 22.0. The maximum Gasteiger partial charge on any atom is 0.0998 e. The highest BCUT2D eigenvalue weighted by atomic mass is 15.0. The van der Waals surface area contributed by atoms with Crippen LogP contribution in [0, 0.1) is 43.4 Å².